The van der Waals surface area contributed by atoms with Crippen molar-refractivity contribution in [1.82, 2.24) is 14.5 Å². The molecule has 1 aromatic heterocycles. The van der Waals surface area contributed by atoms with Crippen molar-refractivity contribution in [2.45, 2.75) is 51.7 Å². The number of rotatable bonds is 7. The molecule has 0 aliphatic carbocycles. The second-order valence-electron chi connectivity index (χ2n) is 8.27. The first-order chi connectivity index (χ1) is 16.1. The molecule has 3 heterocycles. The number of Topliss-reactive ketones (excluding diaryl/α,β-unsaturated/α-hetero) is 1. The molecule has 0 saturated carbocycles. The number of carbonyl (C=O) groups is 3. The zero-order valence-corrected chi connectivity index (χ0v) is 18.9. The van der Waals surface area contributed by atoms with Gasteiger partial charge in [-0.15, -0.1) is 0 Å². The number of fused-ring (bicyclic) bond motifs is 1. The van der Waals surface area contributed by atoms with E-state index in [0.717, 1.165) is 31.6 Å². The van der Waals surface area contributed by atoms with Gasteiger partial charge in [0.05, 0.1) is 13.2 Å². The molecule has 1 saturated heterocycles. The lowest BCUT2D eigenvalue weighted by Gasteiger charge is -2.32. The average molecular weight is 455 g/mol. The Labute approximate surface area is 193 Å². The molecular formula is C24H30N4O5. The van der Waals surface area contributed by atoms with Gasteiger partial charge in [0.25, 0.3) is 5.91 Å². The van der Waals surface area contributed by atoms with Crippen molar-refractivity contribution in [3.63, 3.8) is 0 Å². The largest absolute Gasteiger partial charge is 0.508 e. The maximum absolute atomic E-state index is 13.5. The zero-order valence-electron chi connectivity index (χ0n) is 18.9. The molecule has 1 fully saturated rings. The summed E-state index contributed by atoms with van der Waals surface area (Å²) in [6.45, 7) is 3.76. The molecule has 2 aliphatic heterocycles. The first-order valence-electron chi connectivity index (χ1n) is 11.6. The summed E-state index contributed by atoms with van der Waals surface area (Å²) in [5, 5.41) is 3.12. The number of ether oxygens (including phenoxy) is 2. The predicted molar refractivity (Wildman–Crippen MR) is 121 cm³/mol. The molecule has 2 aliphatic rings. The fourth-order valence-electron chi connectivity index (χ4n) is 4.33. The van der Waals surface area contributed by atoms with Crippen molar-refractivity contribution in [2.75, 3.05) is 31.6 Å². The number of hydrogen-bond donors (Lipinski definition) is 1. The number of aromatic nitrogens is 2. The van der Waals surface area contributed by atoms with Crippen LogP contribution in [0.15, 0.2) is 30.3 Å². The molecule has 1 aromatic carbocycles. The lowest BCUT2D eigenvalue weighted by atomic mass is 10.1. The lowest BCUT2D eigenvalue weighted by Crippen LogP contribution is -2.42. The zero-order chi connectivity index (χ0) is 23.2. The Balaban J connectivity index is 1.45. The normalized spacial score (nSPS) is 16.1. The summed E-state index contributed by atoms with van der Waals surface area (Å²) in [6, 6.07) is 9.07. The average Bonchev–Trinajstić information content (AvgIpc) is 3.21. The van der Waals surface area contributed by atoms with Crippen LogP contribution < -0.4 is 5.32 Å². The molecule has 0 unspecified atom stereocenters. The van der Waals surface area contributed by atoms with Crippen LogP contribution in [0.4, 0.5) is 10.6 Å². The quantitative estimate of drug-likeness (QED) is 0.506. The highest BCUT2D eigenvalue weighted by Gasteiger charge is 2.32. The van der Waals surface area contributed by atoms with Gasteiger partial charge in [0.15, 0.2) is 17.3 Å². The van der Waals surface area contributed by atoms with E-state index in [2.05, 4.69) is 10.3 Å². The Bertz CT molecular complexity index is 996. The molecule has 0 bridgehead atoms. The van der Waals surface area contributed by atoms with Crippen molar-refractivity contribution in [1.29, 1.82) is 0 Å². The number of amides is 1. The van der Waals surface area contributed by atoms with E-state index in [-0.39, 0.29) is 30.9 Å². The van der Waals surface area contributed by atoms with Crippen molar-refractivity contribution >= 4 is 23.7 Å². The van der Waals surface area contributed by atoms with Crippen molar-refractivity contribution in [3.05, 3.63) is 47.4 Å². The molecule has 176 valence electrons. The molecule has 33 heavy (non-hydrogen) atoms. The highest BCUT2D eigenvalue weighted by Crippen LogP contribution is 2.26. The smallest absolute Gasteiger partial charge is 0.435 e. The predicted octanol–water partition coefficient (Wildman–Crippen LogP) is 3.29. The minimum Gasteiger partial charge on any atom is -0.435 e. The summed E-state index contributed by atoms with van der Waals surface area (Å²) < 4.78 is 12.1. The van der Waals surface area contributed by atoms with Gasteiger partial charge >= 0.3 is 6.16 Å². The second kappa shape index (κ2) is 10.5. The Morgan fingerprint density at radius 2 is 1.85 bits per heavy atom. The molecule has 2 aromatic rings. The summed E-state index contributed by atoms with van der Waals surface area (Å²) in [4.78, 5) is 44.1. The van der Waals surface area contributed by atoms with Gasteiger partial charge in [0.2, 0.25) is 0 Å². The van der Waals surface area contributed by atoms with E-state index in [1.54, 1.807) is 24.0 Å². The number of likely N-dealkylation sites (tertiary alicyclic amines) is 1. The van der Waals surface area contributed by atoms with E-state index in [1.807, 2.05) is 22.8 Å². The first-order valence-corrected chi connectivity index (χ1v) is 11.6. The molecule has 4 rings (SSSR count). The third kappa shape index (κ3) is 5.35. The van der Waals surface area contributed by atoms with E-state index < -0.39 is 6.16 Å². The number of hydrogen-bond acceptors (Lipinski definition) is 7. The number of carbonyl (C=O) groups excluding carboxylic acids is 3. The van der Waals surface area contributed by atoms with E-state index in [0.29, 0.717) is 43.0 Å². The highest BCUT2D eigenvalue weighted by molar-refractivity contribution is 6.01. The van der Waals surface area contributed by atoms with Crippen LogP contribution in [-0.2, 0) is 22.4 Å². The molecule has 1 N–H and O–H groups in total. The van der Waals surface area contributed by atoms with E-state index in [1.165, 1.54) is 0 Å². The molecule has 9 heteroatoms. The van der Waals surface area contributed by atoms with E-state index in [9.17, 15) is 14.4 Å². The number of nitrogens with zero attached hydrogens (tertiary/aromatic N) is 3. The third-order valence-corrected chi connectivity index (χ3v) is 6.05. The fraction of sp³-hybridized carbons (Fsp3) is 0.500. The Hall–Kier alpha value is -3.36. The van der Waals surface area contributed by atoms with Gasteiger partial charge in [-0.05, 0) is 19.8 Å². The summed E-state index contributed by atoms with van der Waals surface area (Å²) >= 11 is 0. The number of aryl methyl sites for hydroxylation is 1. The van der Waals surface area contributed by atoms with Gasteiger partial charge in [0.1, 0.15) is 11.9 Å². The molecule has 0 atom stereocenters. The monoisotopic (exact) mass is 454 g/mol. The number of benzene rings is 1. The molecule has 0 spiro atoms. The first kappa shape index (κ1) is 22.8. The van der Waals surface area contributed by atoms with Crippen LogP contribution >= 0.6 is 0 Å². The maximum Gasteiger partial charge on any atom is 0.508 e. The van der Waals surface area contributed by atoms with Crippen LogP contribution in [0.5, 0.6) is 0 Å². The Morgan fingerprint density at radius 3 is 2.58 bits per heavy atom. The Morgan fingerprint density at radius 1 is 1.09 bits per heavy atom. The Kier molecular flexibility index (Phi) is 7.26. The molecular weight excluding hydrogens is 424 g/mol. The minimum atomic E-state index is -0.665. The summed E-state index contributed by atoms with van der Waals surface area (Å²) in [7, 11) is 0. The van der Waals surface area contributed by atoms with Crippen molar-refractivity contribution in [3.8, 4) is 0 Å². The van der Waals surface area contributed by atoms with Gasteiger partial charge in [-0.2, -0.15) is 0 Å². The van der Waals surface area contributed by atoms with E-state index in [4.69, 9.17) is 9.47 Å². The number of piperidine rings is 1. The summed E-state index contributed by atoms with van der Waals surface area (Å²) in [5.74, 6) is 1.17. The van der Waals surface area contributed by atoms with Crippen LogP contribution in [0.25, 0.3) is 0 Å². The van der Waals surface area contributed by atoms with Crippen LogP contribution in [0.3, 0.4) is 0 Å². The van der Waals surface area contributed by atoms with Gasteiger partial charge in [-0.1, -0.05) is 30.3 Å². The van der Waals surface area contributed by atoms with Gasteiger partial charge in [-0.25, -0.2) is 9.78 Å². The summed E-state index contributed by atoms with van der Waals surface area (Å²) in [6.07, 6.45) is 3.02. The van der Waals surface area contributed by atoms with Gasteiger partial charge < -0.3 is 24.3 Å². The standard InChI is InChI=1S/C24H30N4O5/c1-2-32-24(31)33-18-11-14-27(15-12-18)23(30)21-22(26-20-10-6-7-13-28(20)21)25-16-19(29)17-8-4-3-5-9-17/h3-5,8-9,18,25H,2,6-7,10-16H2,1H3. The SMILES string of the molecule is CCOC(=O)OC1CCN(C(=O)c2c(NCC(=O)c3ccccc3)nc3n2CCCC3)CC1. The summed E-state index contributed by atoms with van der Waals surface area (Å²) in [5.41, 5.74) is 1.13. The fourth-order valence-corrected chi connectivity index (χ4v) is 4.33. The minimum absolute atomic E-state index is 0.0584. The van der Waals surface area contributed by atoms with Crippen molar-refractivity contribution in [2.24, 2.45) is 0 Å². The topological polar surface area (TPSA) is 103 Å². The molecule has 0 radical (unpaired) electrons. The highest BCUT2D eigenvalue weighted by atomic mass is 16.7. The van der Waals surface area contributed by atoms with Gasteiger partial charge in [-0.3, -0.25) is 9.59 Å². The van der Waals surface area contributed by atoms with E-state index >= 15 is 0 Å². The number of imidazole rings is 1. The van der Waals surface area contributed by atoms with Crippen LogP contribution in [-0.4, -0.2) is 64.6 Å². The second-order valence-corrected chi connectivity index (χ2v) is 8.27. The maximum atomic E-state index is 13.5. The lowest BCUT2D eigenvalue weighted by molar-refractivity contribution is 0.00325. The number of ketones is 1. The molecule has 9 nitrogen and oxygen atoms in total. The third-order valence-electron chi connectivity index (χ3n) is 6.05. The van der Waals surface area contributed by atoms with Gasteiger partial charge in [0, 0.05) is 44.5 Å². The molecule has 1 amide bonds. The van der Waals surface area contributed by atoms with Crippen molar-refractivity contribution < 1.29 is 23.9 Å². The van der Waals surface area contributed by atoms with Crippen LogP contribution in [0.2, 0.25) is 0 Å². The number of anilines is 1. The van der Waals surface area contributed by atoms with Crippen LogP contribution in [0, 0.1) is 0 Å². The van der Waals surface area contributed by atoms with Crippen LogP contribution in [0.1, 0.15) is 59.3 Å². The number of nitrogens with one attached hydrogen (secondary N) is 1.